The van der Waals surface area contributed by atoms with E-state index in [1.165, 1.54) is 57.1 Å². The SMILES string of the molecule is CCCO[SiH](CCCCCCCCCCCOn1c(O)ccc1O)OCCC. The van der Waals surface area contributed by atoms with Crippen LogP contribution in [-0.4, -0.2) is 44.0 Å². The van der Waals surface area contributed by atoms with Crippen molar-refractivity contribution in [3.8, 4) is 11.8 Å². The maximum absolute atomic E-state index is 9.47. The van der Waals surface area contributed by atoms with E-state index in [9.17, 15) is 10.2 Å². The first kappa shape index (κ1) is 24.9. The predicted octanol–water partition coefficient (Wildman–Crippen LogP) is 4.91. The van der Waals surface area contributed by atoms with Gasteiger partial charge < -0.3 is 23.9 Å². The number of aromatic hydroxyl groups is 2. The molecule has 1 aromatic rings. The van der Waals surface area contributed by atoms with Crippen LogP contribution in [-0.2, 0) is 8.85 Å². The third-order valence-corrected chi connectivity index (χ3v) is 6.71. The molecule has 0 radical (unpaired) electrons. The van der Waals surface area contributed by atoms with Gasteiger partial charge in [0.15, 0.2) is 0 Å². The summed E-state index contributed by atoms with van der Waals surface area (Å²) < 4.78 is 12.9. The molecule has 2 N–H and O–H groups in total. The quantitative estimate of drug-likeness (QED) is 0.248. The molecule has 164 valence electrons. The Morgan fingerprint density at radius 2 is 1.18 bits per heavy atom. The minimum Gasteiger partial charge on any atom is -0.492 e. The maximum Gasteiger partial charge on any atom is 0.321 e. The monoisotopic (exact) mass is 415 g/mol. The minimum absolute atomic E-state index is 0.0691. The molecule has 0 unspecified atom stereocenters. The molecule has 28 heavy (non-hydrogen) atoms. The molecule has 0 aliphatic heterocycles. The average molecular weight is 416 g/mol. The van der Waals surface area contributed by atoms with Gasteiger partial charge in [-0.2, -0.15) is 0 Å². The van der Waals surface area contributed by atoms with Crippen LogP contribution in [0, 0.1) is 0 Å². The third-order valence-electron chi connectivity index (χ3n) is 4.62. The Morgan fingerprint density at radius 3 is 1.68 bits per heavy atom. The zero-order valence-corrected chi connectivity index (χ0v) is 19.1. The number of nitrogens with zero attached hydrogens (tertiary/aromatic N) is 1. The molecular weight excluding hydrogens is 374 g/mol. The summed E-state index contributed by atoms with van der Waals surface area (Å²) in [5.74, 6) is -0.138. The smallest absolute Gasteiger partial charge is 0.321 e. The van der Waals surface area contributed by atoms with E-state index in [1.54, 1.807) is 0 Å². The lowest BCUT2D eigenvalue weighted by atomic mass is 10.1. The van der Waals surface area contributed by atoms with Gasteiger partial charge in [-0.05, 0) is 31.7 Å². The Bertz CT molecular complexity index is 456. The standard InChI is InChI=1S/C21H41NO5Si/c1-3-16-26-28(27-17-4-2)19-13-11-9-7-5-6-8-10-12-18-25-22-20(23)14-15-21(22)24/h14-15,23-24,28H,3-13,16-19H2,1-2H3. The van der Waals surface area contributed by atoms with Gasteiger partial charge in [0, 0.05) is 25.3 Å². The Morgan fingerprint density at radius 1 is 0.714 bits per heavy atom. The van der Waals surface area contributed by atoms with E-state index in [0.717, 1.165) is 49.7 Å². The lowest BCUT2D eigenvalue weighted by molar-refractivity contribution is 0.0727. The highest BCUT2D eigenvalue weighted by atomic mass is 28.3. The molecule has 0 saturated heterocycles. The van der Waals surface area contributed by atoms with Crippen LogP contribution in [0.3, 0.4) is 0 Å². The van der Waals surface area contributed by atoms with Crippen LogP contribution in [0.4, 0.5) is 0 Å². The van der Waals surface area contributed by atoms with Crippen molar-refractivity contribution in [3.63, 3.8) is 0 Å². The largest absolute Gasteiger partial charge is 0.492 e. The van der Waals surface area contributed by atoms with Crippen molar-refractivity contribution in [1.29, 1.82) is 0 Å². The average Bonchev–Trinajstić information content (AvgIpc) is 3.02. The van der Waals surface area contributed by atoms with E-state index in [2.05, 4.69) is 13.8 Å². The number of rotatable bonds is 19. The van der Waals surface area contributed by atoms with Crippen molar-refractivity contribution >= 4 is 9.28 Å². The van der Waals surface area contributed by atoms with Crippen molar-refractivity contribution in [2.45, 2.75) is 90.5 Å². The molecule has 0 bridgehead atoms. The van der Waals surface area contributed by atoms with Gasteiger partial charge in [0.1, 0.15) is 6.61 Å². The van der Waals surface area contributed by atoms with Gasteiger partial charge in [-0.3, -0.25) is 0 Å². The molecule has 0 aliphatic rings. The fourth-order valence-electron chi connectivity index (χ4n) is 3.05. The first-order valence-electron chi connectivity index (χ1n) is 11.1. The molecule has 0 saturated carbocycles. The summed E-state index contributed by atoms with van der Waals surface area (Å²) in [6, 6.07) is 3.97. The molecule has 0 spiro atoms. The summed E-state index contributed by atoms with van der Waals surface area (Å²) in [7, 11) is -1.42. The summed E-state index contributed by atoms with van der Waals surface area (Å²) in [4.78, 5) is 5.35. The number of unbranched alkanes of at least 4 members (excludes halogenated alkanes) is 8. The van der Waals surface area contributed by atoms with Crippen LogP contribution >= 0.6 is 0 Å². The van der Waals surface area contributed by atoms with Gasteiger partial charge in [0.25, 0.3) is 0 Å². The van der Waals surface area contributed by atoms with Crippen LogP contribution in [0.1, 0.15) is 84.5 Å². The van der Waals surface area contributed by atoms with E-state index in [-0.39, 0.29) is 11.8 Å². The van der Waals surface area contributed by atoms with E-state index in [0.29, 0.717) is 6.61 Å². The van der Waals surface area contributed by atoms with Crippen LogP contribution < -0.4 is 4.84 Å². The summed E-state index contributed by atoms with van der Waals surface area (Å²) >= 11 is 0. The zero-order chi connectivity index (χ0) is 20.5. The van der Waals surface area contributed by atoms with Crippen LogP contribution in [0.15, 0.2) is 12.1 Å². The Labute approximate surface area is 172 Å². The van der Waals surface area contributed by atoms with Gasteiger partial charge in [-0.25, -0.2) is 0 Å². The Hall–Kier alpha value is -1.18. The Kier molecular flexibility index (Phi) is 14.9. The first-order valence-corrected chi connectivity index (χ1v) is 12.9. The highest BCUT2D eigenvalue weighted by Crippen LogP contribution is 2.19. The van der Waals surface area contributed by atoms with Gasteiger partial charge in [-0.15, -0.1) is 4.73 Å². The summed E-state index contributed by atoms with van der Waals surface area (Å²) in [5.41, 5.74) is 0. The Balaban J connectivity index is 1.89. The highest BCUT2D eigenvalue weighted by molar-refractivity contribution is 6.44. The van der Waals surface area contributed by atoms with Crippen molar-refractivity contribution in [2.75, 3.05) is 19.8 Å². The van der Waals surface area contributed by atoms with Gasteiger partial charge >= 0.3 is 9.28 Å². The van der Waals surface area contributed by atoms with Gasteiger partial charge in [-0.1, -0.05) is 58.8 Å². The second-order valence-electron chi connectivity index (χ2n) is 7.32. The second-order valence-corrected chi connectivity index (χ2v) is 9.42. The molecule has 1 aromatic heterocycles. The summed E-state index contributed by atoms with van der Waals surface area (Å²) in [6.07, 6.45) is 13.1. The summed E-state index contributed by atoms with van der Waals surface area (Å²) in [5, 5.41) is 18.9. The van der Waals surface area contributed by atoms with Crippen LogP contribution in [0.25, 0.3) is 0 Å². The molecular formula is C21H41NO5Si. The van der Waals surface area contributed by atoms with Crippen molar-refractivity contribution in [2.24, 2.45) is 0 Å². The normalized spacial score (nSPS) is 11.4. The third kappa shape index (κ3) is 11.6. The predicted molar refractivity (Wildman–Crippen MR) is 115 cm³/mol. The lowest BCUT2D eigenvalue weighted by Gasteiger charge is -2.16. The maximum atomic E-state index is 9.47. The topological polar surface area (TPSA) is 73.1 Å². The molecule has 6 nitrogen and oxygen atoms in total. The van der Waals surface area contributed by atoms with E-state index in [4.69, 9.17) is 13.7 Å². The molecule has 0 atom stereocenters. The van der Waals surface area contributed by atoms with Crippen molar-refractivity contribution < 1.29 is 23.9 Å². The molecule has 1 rings (SSSR count). The first-order chi connectivity index (χ1) is 13.7. The second kappa shape index (κ2) is 16.7. The van der Waals surface area contributed by atoms with Crippen LogP contribution in [0.2, 0.25) is 6.04 Å². The molecule has 1 heterocycles. The van der Waals surface area contributed by atoms with Crippen LogP contribution in [0.5, 0.6) is 11.8 Å². The van der Waals surface area contributed by atoms with Gasteiger partial charge in [0.05, 0.1) is 0 Å². The minimum atomic E-state index is -1.42. The summed E-state index contributed by atoms with van der Waals surface area (Å²) in [6.45, 7) is 6.49. The zero-order valence-electron chi connectivity index (χ0n) is 17.9. The fraction of sp³-hybridized carbons (Fsp3) is 0.810. The number of hydrogen-bond acceptors (Lipinski definition) is 5. The van der Waals surface area contributed by atoms with E-state index >= 15 is 0 Å². The van der Waals surface area contributed by atoms with Gasteiger partial charge in [0.2, 0.25) is 11.8 Å². The molecule has 7 heteroatoms. The lowest BCUT2D eigenvalue weighted by Crippen LogP contribution is -2.23. The van der Waals surface area contributed by atoms with Crippen molar-refractivity contribution in [3.05, 3.63) is 12.1 Å². The van der Waals surface area contributed by atoms with Crippen molar-refractivity contribution in [1.82, 2.24) is 4.73 Å². The molecule has 0 aliphatic carbocycles. The van der Waals surface area contributed by atoms with E-state index < -0.39 is 9.28 Å². The molecule has 0 aromatic carbocycles. The number of aromatic nitrogens is 1. The molecule has 0 amide bonds. The fourth-order valence-corrected chi connectivity index (χ4v) is 5.10. The number of hydrogen-bond donors (Lipinski definition) is 2. The highest BCUT2D eigenvalue weighted by Gasteiger charge is 2.12. The molecule has 0 fully saturated rings. The van der Waals surface area contributed by atoms with E-state index in [1.807, 2.05) is 0 Å².